The number of hydrogen-bond acceptors (Lipinski definition) is 4. The van der Waals surface area contributed by atoms with Gasteiger partial charge in [-0.3, -0.25) is 0 Å². The number of anilines is 1. The molecule has 3 rings (SSSR count). The summed E-state index contributed by atoms with van der Waals surface area (Å²) in [5.41, 5.74) is 2.06. The van der Waals surface area contributed by atoms with Gasteiger partial charge in [0.25, 0.3) is 0 Å². The molecule has 5 nitrogen and oxygen atoms in total. The lowest BCUT2D eigenvalue weighted by Gasteiger charge is -2.17. The Morgan fingerprint density at radius 2 is 1.94 bits per heavy atom. The van der Waals surface area contributed by atoms with Crippen LogP contribution in [0.4, 0.5) is 5.69 Å². The molecule has 1 aliphatic heterocycles. The molecule has 18 heavy (non-hydrogen) atoms. The zero-order chi connectivity index (χ0) is 12.4. The number of nitrogens with one attached hydrogen (secondary N) is 1. The maximum atomic E-state index is 5.53. The van der Waals surface area contributed by atoms with Crippen molar-refractivity contribution in [3.63, 3.8) is 0 Å². The first-order valence-electron chi connectivity index (χ1n) is 6.18. The van der Waals surface area contributed by atoms with E-state index in [0.29, 0.717) is 6.04 Å². The Bertz CT molecular complexity index is 494. The van der Waals surface area contributed by atoms with E-state index in [0.717, 1.165) is 24.4 Å². The molecule has 1 fully saturated rings. The van der Waals surface area contributed by atoms with Crippen molar-refractivity contribution in [1.82, 2.24) is 15.0 Å². The van der Waals surface area contributed by atoms with E-state index in [1.807, 2.05) is 24.3 Å². The van der Waals surface area contributed by atoms with Crippen molar-refractivity contribution in [1.29, 1.82) is 0 Å². The summed E-state index contributed by atoms with van der Waals surface area (Å²) >= 11 is 0. The molecule has 0 unspecified atom stereocenters. The van der Waals surface area contributed by atoms with Gasteiger partial charge in [0.15, 0.2) is 0 Å². The molecule has 94 valence electrons. The van der Waals surface area contributed by atoms with Crippen LogP contribution < -0.4 is 5.32 Å². The standard InChI is InChI=1S/C13H16N4O/c1-10-13(6-9-18-10)16-11-2-4-12(5-3-11)17-14-7-8-15-17/h2-5,7-8,10,13,16H,6,9H2,1H3/t10-,13+/m1/s1. The molecule has 0 aliphatic carbocycles. The lowest BCUT2D eigenvalue weighted by atomic mass is 10.1. The van der Waals surface area contributed by atoms with E-state index in [1.165, 1.54) is 0 Å². The maximum Gasteiger partial charge on any atom is 0.0858 e. The average molecular weight is 244 g/mol. The van der Waals surface area contributed by atoms with Gasteiger partial charge in [-0.15, -0.1) is 0 Å². The van der Waals surface area contributed by atoms with Crippen molar-refractivity contribution in [3.05, 3.63) is 36.7 Å². The Morgan fingerprint density at radius 1 is 1.22 bits per heavy atom. The molecule has 2 atom stereocenters. The molecular formula is C13H16N4O. The molecule has 1 saturated heterocycles. The Labute approximate surface area is 106 Å². The van der Waals surface area contributed by atoms with Crippen LogP contribution in [0.1, 0.15) is 13.3 Å². The van der Waals surface area contributed by atoms with Gasteiger partial charge < -0.3 is 10.1 Å². The Balaban J connectivity index is 1.71. The van der Waals surface area contributed by atoms with Crippen molar-refractivity contribution >= 4 is 5.69 Å². The van der Waals surface area contributed by atoms with Gasteiger partial charge >= 0.3 is 0 Å². The highest BCUT2D eigenvalue weighted by molar-refractivity contribution is 5.49. The van der Waals surface area contributed by atoms with Gasteiger partial charge in [0.2, 0.25) is 0 Å². The predicted octanol–water partition coefficient (Wildman–Crippen LogP) is 1.86. The van der Waals surface area contributed by atoms with Gasteiger partial charge in [-0.2, -0.15) is 15.0 Å². The fourth-order valence-electron chi connectivity index (χ4n) is 2.18. The van der Waals surface area contributed by atoms with Crippen LogP contribution in [0, 0.1) is 0 Å². The zero-order valence-corrected chi connectivity index (χ0v) is 10.3. The van der Waals surface area contributed by atoms with E-state index in [9.17, 15) is 0 Å². The van der Waals surface area contributed by atoms with Crippen LogP contribution in [0.25, 0.3) is 5.69 Å². The van der Waals surface area contributed by atoms with Crippen molar-refractivity contribution < 1.29 is 4.74 Å². The number of ether oxygens (including phenoxy) is 1. The van der Waals surface area contributed by atoms with Crippen molar-refractivity contribution in [2.24, 2.45) is 0 Å². The van der Waals surface area contributed by atoms with Crippen LogP contribution in [-0.4, -0.2) is 33.7 Å². The third-order valence-corrected chi connectivity index (χ3v) is 3.25. The summed E-state index contributed by atoms with van der Waals surface area (Å²) in [5.74, 6) is 0. The molecule has 2 aromatic rings. The summed E-state index contributed by atoms with van der Waals surface area (Å²) in [6, 6.07) is 8.50. The molecule has 0 saturated carbocycles. The minimum atomic E-state index is 0.275. The molecule has 1 aromatic carbocycles. The van der Waals surface area contributed by atoms with Gasteiger partial charge in [0.1, 0.15) is 0 Å². The normalized spacial score (nSPS) is 23.2. The molecule has 1 aromatic heterocycles. The third kappa shape index (κ3) is 2.22. The van der Waals surface area contributed by atoms with E-state index in [1.54, 1.807) is 17.2 Å². The van der Waals surface area contributed by atoms with Gasteiger partial charge in [-0.1, -0.05) is 0 Å². The molecule has 1 aliphatic rings. The quantitative estimate of drug-likeness (QED) is 0.895. The third-order valence-electron chi connectivity index (χ3n) is 3.25. The van der Waals surface area contributed by atoms with Crippen molar-refractivity contribution in [2.75, 3.05) is 11.9 Å². The summed E-state index contributed by atoms with van der Waals surface area (Å²) in [7, 11) is 0. The Kier molecular flexibility index (Phi) is 2.98. The second-order valence-corrected chi connectivity index (χ2v) is 4.48. The average Bonchev–Trinajstić information content (AvgIpc) is 3.03. The van der Waals surface area contributed by atoms with Crippen LogP contribution in [0.2, 0.25) is 0 Å². The van der Waals surface area contributed by atoms with Gasteiger partial charge in [-0.05, 0) is 37.6 Å². The summed E-state index contributed by atoms with van der Waals surface area (Å²) < 4.78 is 5.53. The molecule has 2 heterocycles. The first-order chi connectivity index (χ1) is 8.83. The van der Waals surface area contributed by atoms with Crippen LogP contribution >= 0.6 is 0 Å². The van der Waals surface area contributed by atoms with Crippen LogP contribution in [-0.2, 0) is 4.74 Å². The summed E-state index contributed by atoms with van der Waals surface area (Å²) in [4.78, 5) is 1.60. The minimum Gasteiger partial charge on any atom is -0.380 e. The number of benzene rings is 1. The SMILES string of the molecule is C[C@H]1OCC[C@@H]1Nc1ccc(-n2nccn2)cc1. The molecule has 0 radical (unpaired) electrons. The topological polar surface area (TPSA) is 52.0 Å². The maximum absolute atomic E-state index is 5.53. The van der Waals surface area contributed by atoms with E-state index in [2.05, 4.69) is 22.4 Å². The van der Waals surface area contributed by atoms with Gasteiger partial charge in [-0.25, -0.2) is 0 Å². The second-order valence-electron chi connectivity index (χ2n) is 4.48. The van der Waals surface area contributed by atoms with E-state index >= 15 is 0 Å². The second kappa shape index (κ2) is 4.78. The van der Waals surface area contributed by atoms with Gasteiger partial charge in [0.05, 0.1) is 30.2 Å². The largest absolute Gasteiger partial charge is 0.380 e. The fraction of sp³-hybridized carbons (Fsp3) is 0.385. The van der Waals surface area contributed by atoms with E-state index in [4.69, 9.17) is 4.74 Å². The highest BCUT2D eigenvalue weighted by Gasteiger charge is 2.23. The van der Waals surface area contributed by atoms with E-state index in [-0.39, 0.29) is 6.10 Å². The molecule has 0 amide bonds. The lowest BCUT2D eigenvalue weighted by molar-refractivity contribution is 0.121. The summed E-state index contributed by atoms with van der Waals surface area (Å²) in [6.07, 6.45) is 4.68. The highest BCUT2D eigenvalue weighted by atomic mass is 16.5. The van der Waals surface area contributed by atoms with Crippen molar-refractivity contribution in [3.8, 4) is 5.69 Å². The monoisotopic (exact) mass is 244 g/mol. The predicted molar refractivity (Wildman–Crippen MR) is 68.8 cm³/mol. The first kappa shape index (κ1) is 11.2. The first-order valence-corrected chi connectivity index (χ1v) is 6.18. The fourth-order valence-corrected chi connectivity index (χ4v) is 2.18. The molecule has 0 bridgehead atoms. The Morgan fingerprint density at radius 3 is 2.56 bits per heavy atom. The Hall–Kier alpha value is -1.88. The van der Waals surface area contributed by atoms with Crippen LogP contribution in [0.3, 0.4) is 0 Å². The number of rotatable bonds is 3. The molecular weight excluding hydrogens is 228 g/mol. The zero-order valence-electron chi connectivity index (χ0n) is 10.3. The van der Waals surface area contributed by atoms with Crippen molar-refractivity contribution in [2.45, 2.75) is 25.5 Å². The summed E-state index contributed by atoms with van der Waals surface area (Å²) in [5, 5.41) is 11.7. The highest BCUT2D eigenvalue weighted by Crippen LogP contribution is 2.19. The number of nitrogens with zero attached hydrogens (tertiary/aromatic N) is 3. The smallest absolute Gasteiger partial charge is 0.0858 e. The molecule has 0 spiro atoms. The van der Waals surface area contributed by atoms with E-state index < -0.39 is 0 Å². The van der Waals surface area contributed by atoms with Gasteiger partial charge in [0, 0.05) is 12.3 Å². The minimum absolute atomic E-state index is 0.275. The molecule has 5 heteroatoms. The lowest BCUT2D eigenvalue weighted by Crippen LogP contribution is -2.26. The summed E-state index contributed by atoms with van der Waals surface area (Å²) in [6.45, 7) is 2.95. The van der Waals surface area contributed by atoms with Crippen LogP contribution in [0.5, 0.6) is 0 Å². The molecule has 1 N–H and O–H groups in total. The number of aromatic nitrogens is 3. The number of hydrogen-bond donors (Lipinski definition) is 1. The van der Waals surface area contributed by atoms with Crippen LogP contribution in [0.15, 0.2) is 36.7 Å².